The Balaban J connectivity index is 2.81. The van der Waals surface area contributed by atoms with Crippen LogP contribution in [0.1, 0.15) is 30.5 Å². The maximum Gasteiger partial charge on any atom is 0.0292 e. The minimum Gasteiger partial charge on any atom is -0.324 e. The third-order valence-electron chi connectivity index (χ3n) is 1.95. The summed E-state index contributed by atoms with van der Waals surface area (Å²) >= 11 is 0. The summed E-state index contributed by atoms with van der Waals surface area (Å²) in [5.74, 6) is 0. The Labute approximate surface area is 68.2 Å². The minimum atomic E-state index is 0.204. The van der Waals surface area contributed by atoms with Crippen LogP contribution in [0.2, 0.25) is 0 Å². The van der Waals surface area contributed by atoms with Crippen LogP contribution in [0, 0.1) is 6.92 Å². The zero-order valence-corrected chi connectivity index (χ0v) is 7.17. The summed E-state index contributed by atoms with van der Waals surface area (Å²) in [6.07, 6.45) is 1.00. The largest absolute Gasteiger partial charge is 0.324 e. The van der Waals surface area contributed by atoms with Crippen LogP contribution < -0.4 is 5.73 Å². The third kappa shape index (κ3) is 2.05. The zero-order chi connectivity index (χ0) is 8.27. The van der Waals surface area contributed by atoms with Crippen molar-refractivity contribution in [2.75, 3.05) is 0 Å². The summed E-state index contributed by atoms with van der Waals surface area (Å²) in [6.45, 7) is 4.19. The van der Waals surface area contributed by atoms with Gasteiger partial charge in [-0.25, -0.2) is 0 Å². The van der Waals surface area contributed by atoms with Crippen molar-refractivity contribution in [3.63, 3.8) is 0 Å². The summed E-state index contributed by atoms with van der Waals surface area (Å²) in [5.41, 5.74) is 8.37. The fourth-order valence-electron chi connectivity index (χ4n) is 1.05. The van der Waals surface area contributed by atoms with E-state index in [-0.39, 0.29) is 6.04 Å². The average Bonchev–Trinajstić information content (AvgIpc) is 2.05. The predicted molar refractivity (Wildman–Crippen MR) is 48.4 cm³/mol. The summed E-state index contributed by atoms with van der Waals surface area (Å²) in [5, 5.41) is 0. The van der Waals surface area contributed by atoms with Crippen LogP contribution in [-0.2, 0) is 0 Å². The first-order valence-electron chi connectivity index (χ1n) is 4.06. The maximum atomic E-state index is 5.84. The van der Waals surface area contributed by atoms with Crippen molar-refractivity contribution in [1.29, 1.82) is 0 Å². The molecule has 1 aromatic rings. The summed E-state index contributed by atoms with van der Waals surface area (Å²) in [6, 6.07) is 8.61. The van der Waals surface area contributed by atoms with E-state index in [1.54, 1.807) is 0 Å². The van der Waals surface area contributed by atoms with Crippen molar-refractivity contribution in [3.8, 4) is 0 Å². The molecule has 1 nitrogen and oxygen atoms in total. The number of aryl methyl sites for hydroxylation is 1. The Morgan fingerprint density at radius 2 is 1.82 bits per heavy atom. The Morgan fingerprint density at radius 3 is 2.27 bits per heavy atom. The van der Waals surface area contributed by atoms with Gasteiger partial charge in [-0.3, -0.25) is 0 Å². The van der Waals surface area contributed by atoms with Gasteiger partial charge in [0.15, 0.2) is 0 Å². The smallest absolute Gasteiger partial charge is 0.0292 e. The molecule has 1 rings (SSSR count). The first-order chi connectivity index (χ1) is 5.24. The van der Waals surface area contributed by atoms with Crippen LogP contribution in [0.4, 0.5) is 0 Å². The Bertz CT molecular complexity index is 213. The van der Waals surface area contributed by atoms with Crippen molar-refractivity contribution in [1.82, 2.24) is 0 Å². The minimum absolute atomic E-state index is 0.204. The summed E-state index contributed by atoms with van der Waals surface area (Å²) in [7, 11) is 0. The SMILES string of the molecule is CC[C@@H](N)c1ccc(C)cc1. The van der Waals surface area contributed by atoms with Gasteiger partial charge in [0.1, 0.15) is 0 Å². The topological polar surface area (TPSA) is 26.0 Å². The van der Waals surface area contributed by atoms with Crippen molar-refractivity contribution in [2.24, 2.45) is 5.73 Å². The number of hydrogen-bond donors (Lipinski definition) is 1. The second kappa shape index (κ2) is 3.54. The molecule has 0 fully saturated rings. The normalized spacial score (nSPS) is 13.0. The molecule has 0 saturated heterocycles. The molecular formula is C10H15N. The molecule has 0 radical (unpaired) electrons. The standard InChI is InChI=1S/C10H15N/c1-3-10(11)9-6-4-8(2)5-7-9/h4-7,10H,3,11H2,1-2H3/t10-/m1/s1. The van der Waals surface area contributed by atoms with Crippen molar-refractivity contribution >= 4 is 0 Å². The van der Waals surface area contributed by atoms with Crippen molar-refractivity contribution in [2.45, 2.75) is 26.3 Å². The molecule has 0 unspecified atom stereocenters. The van der Waals surface area contributed by atoms with E-state index in [4.69, 9.17) is 5.73 Å². The van der Waals surface area contributed by atoms with Crippen LogP contribution in [0.3, 0.4) is 0 Å². The Hall–Kier alpha value is -0.820. The molecular weight excluding hydrogens is 134 g/mol. The summed E-state index contributed by atoms with van der Waals surface area (Å²) in [4.78, 5) is 0. The number of nitrogens with two attached hydrogens (primary N) is 1. The van der Waals surface area contributed by atoms with E-state index in [0.717, 1.165) is 6.42 Å². The highest BCUT2D eigenvalue weighted by molar-refractivity contribution is 5.23. The van der Waals surface area contributed by atoms with Gasteiger partial charge in [-0.1, -0.05) is 36.8 Å². The zero-order valence-electron chi connectivity index (χ0n) is 7.17. The van der Waals surface area contributed by atoms with E-state index in [2.05, 4.69) is 38.1 Å². The molecule has 0 aromatic heterocycles. The molecule has 60 valence electrons. The predicted octanol–water partition coefficient (Wildman–Crippen LogP) is 2.40. The average molecular weight is 149 g/mol. The van der Waals surface area contributed by atoms with E-state index in [1.165, 1.54) is 11.1 Å². The number of hydrogen-bond acceptors (Lipinski definition) is 1. The molecule has 0 saturated carbocycles. The molecule has 1 atom stereocenters. The Morgan fingerprint density at radius 1 is 1.27 bits per heavy atom. The quantitative estimate of drug-likeness (QED) is 0.686. The van der Waals surface area contributed by atoms with Gasteiger partial charge < -0.3 is 5.73 Å². The van der Waals surface area contributed by atoms with E-state index in [1.807, 2.05) is 0 Å². The fourth-order valence-corrected chi connectivity index (χ4v) is 1.05. The molecule has 0 aliphatic carbocycles. The van der Waals surface area contributed by atoms with E-state index >= 15 is 0 Å². The van der Waals surface area contributed by atoms with Gasteiger partial charge in [0.05, 0.1) is 0 Å². The van der Waals surface area contributed by atoms with E-state index < -0.39 is 0 Å². The maximum absolute atomic E-state index is 5.84. The van der Waals surface area contributed by atoms with Crippen molar-refractivity contribution < 1.29 is 0 Å². The second-order valence-electron chi connectivity index (χ2n) is 2.93. The van der Waals surface area contributed by atoms with Crippen LogP contribution in [0.15, 0.2) is 24.3 Å². The molecule has 0 spiro atoms. The molecule has 0 bridgehead atoms. The summed E-state index contributed by atoms with van der Waals surface area (Å²) < 4.78 is 0. The highest BCUT2D eigenvalue weighted by Gasteiger charge is 2.00. The van der Waals surface area contributed by atoms with Crippen LogP contribution in [-0.4, -0.2) is 0 Å². The Kier molecular flexibility index (Phi) is 2.66. The van der Waals surface area contributed by atoms with Gasteiger partial charge in [-0.05, 0) is 18.9 Å². The second-order valence-corrected chi connectivity index (χ2v) is 2.93. The lowest BCUT2D eigenvalue weighted by atomic mass is 10.0. The van der Waals surface area contributed by atoms with E-state index in [9.17, 15) is 0 Å². The molecule has 0 aliphatic rings. The van der Waals surface area contributed by atoms with Crippen LogP contribution in [0.5, 0.6) is 0 Å². The van der Waals surface area contributed by atoms with E-state index in [0.29, 0.717) is 0 Å². The van der Waals surface area contributed by atoms with Gasteiger partial charge >= 0.3 is 0 Å². The third-order valence-corrected chi connectivity index (χ3v) is 1.95. The molecule has 11 heavy (non-hydrogen) atoms. The first-order valence-corrected chi connectivity index (χ1v) is 4.06. The molecule has 2 N–H and O–H groups in total. The van der Waals surface area contributed by atoms with Crippen LogP contribution in [0.25, 0.3) is 0 Å². The number of rotatable bonds is 2. The molecule has 0 heterocycles. The monoisotopic (exact) mass is 149 g/mol. The molecule has 1 heteroatoms. The molecule has 0 amide bonds. The van der Waals surface area contributed by atoms with Crippen molar-refractivity contribution in [3.05, 3.63) is 35.4 Å². The lowest BCUT2D eigenvalue weighted by Crippen LogP contribution is -2.07. The van der Waals surface area contributed by atoms with Gasteiger partial charge in [-0.2, -0.15) is 0 Å². The fraction of sp³-hybridized carbons (Fsp3) is 0.400. The number of benzene rings is 1. The molecule has 1 aromatic carbocycles. The van der Waals surface area contributed by atoms with Gasteiger partial charge in [0.2, 0.25) is 0 Å². The van der Waals surface area contributed by atoms with Gasteiger partial charge in [0.25, 0.3) is 0 Å². The van der Waals surface area contributed by atoms with Gasteiger partial charge in [-0.15, -0.1) is 0 Å². The lowest BCUT2D eigenvalue weighted by Gasteiger charge is -2.08. The highest BCUT2D eigenvalue weighted by atomic mass is 14.6. The highest BCUT2D eigenvalue weighted by Crippen LogP contribution is 2.13. The molecule has 0 aliphatic heterocycles. The lowest BCUT2D eigenvalue weighted by molar-refractivity contribution is 0.698. The van der Waals surface area contributed by atoms with Gasteiger partial charge in [0, 0.05) is 6.04 Å². The van der Waals surface area contributed by atoms with Crippen LogP contribution >= 0.6 is 0 Å². The first kappa shape index (κ1) is 8.28.